The topological polar surface area (TPSA) is 38.7 Å². The van der Waals surface area contributed by atoms with Gasteiger partial charge in [0, 0.05) is 16.8 Å². The molecule has 0 bridgehead atoms. The number of benzene rings is 1. The van der Waals surface area contributed by atoms with Crippen molar-refractivity contribution in [3.63, 3.8) is 0 Å². The van der Waals surface area contributed by atoms with Gasteiger partial charge in [-0.25, -0.2) is 23.7 Å². The molecule has 0 saturated heterocycles. The molecule has 0 N–H and O–H groups in total. The number of thiazole rings is 1. The predicted molar refractivity (Wildman–Crippen MR) is 70.3 cm³/mol. The lowest BCUT2D eigenvalue weighted by Crippen LogP contribution is -1.94. The summed E-state index contributed by atoms with van der Waals surface area (Å²) in [6.07, 6.45) is 0. The van der Waals surface area contributed by atoms with Crippen molar-refractivity contribution in [2.45, 2.75) is 6.92 Å². The van der Waals surface area contributed by atoms with Crippen LogP contribution in [0.1, 0.15) is 5.01 Å². The molecule has 0 aliphatic carbocycles. The van der Waals surface area contributed by atoms with Crippen LogP contribution in [0.5, 0.6) is 0 Å². The Morgan fingerprint density at radius 3 is 2.53 bits per heavy atom. The van der Waals surface area contributed by atoms with Crippen molar-refractivity contribution in [3.05, 3.63) is 39.3 Å². The molecule has 0 spiro atoms. The van der Waals surface area contributed by atoms with Gasteiger partial charge in [0.15, 0.2) is 17.5 Å². The molecular weight excluding hydrogens is 292 g/mol. The van der Waals surface area contributed by atoms with Crippen LogP contribution in [-0.2, 0) is 0 Å². The Hall–Kier alpha value is -1.66. The maximum Gasteiger partial charge on any atom is 0.181 e. The molecule has 0 amide bonds. The fourth-order valence-corrected chi connectivity index (χ4v) is 2.49. The van der Waals surface area contributed by atoms with Gasteiger partial charge in [0.1, 0.15) is 10.8 Å². The highest BCUT2D eigenvalue weighted by Gasteiger charge is 2.13. The lowest BCUT2D eigenvalue weighted by Gasteiger charge is -2.03. The third kappa shape index (κ3) is 2.17. The van der Waals surface area contributed by atoms with Gasteiger partial charge in [0.2, 0.25) is 0 Å². The Morgan fingerprint density at radius 1 is 1.11 bits per heavy atom. The van der Waals surface area contributed by atoms with E-state index in [1.165, 1.54) is 11.3 Å². The molecule has 7 heteroatoms. The molecular formula is C12H6ClF2N3S. The number of hydrogen-bond acceptors (Lipinski definition) is 4. The molecule has 1 aromatic carbocycles. The number of aromatic nitrogens is 3. The van der Waals surface area contributed by atoms with Gasteiger partial charge in [-0.3, -0.25) is 0 Å². The molecule has 19 heavy (non-hydrogen) atoms. The predicted octanol–water partition coefficient (Wildman–Crippen LogP) is 3.99. The van der Waals surface area contributed by atoms with Crippen LogP contribution >= 0.6 is 22.9 Å². The van der Waals surface area contributed by atoms with E-state index in [4.69, 9.17) is 11.6 Å². The summed E-state index contributed by atoms with van der Waals surface area (Å²) in [6.45, 7) is 1.85. The number of nitrogens with zero attached hydrogens (tertiary/aromatic N) is 3. The minimum absolute atomic E-state index is 0.0737. The van der Waals surface area contributed by atoms with Gasteiger partial charge in [-0.05, 0) is 13.0 Å². The van der Waals surface area contributed by atoms with Gasteiger partial charge >= 0.3 is 0 Å². The Kier molecular flexibility index (Phi) is 2.91. The van der Waals surface area contributed by atoms with Gasteiger partial charge in [0.25, 0.3) is 0 Å². The first-order valence-corrected chi connectivity index (χ1v) is 6.55. The average Bonchev–Trinajstić information content (AvgIpc) is 2.78. The van der Waals surface area contributed by atoms with Crippen LogP contribution < -0.4 is 0 Å². The monoisotopic (exact) mass is 297 g/mol. The van der Waals surface area contributed by atoms with E-state index >= 15 is 0 Å². The third-order valence-electron chi connectivity index (χ3n) is 2.54. The lowest BCUT2D eigenvalue weighted by molar-refractivity contribution is 0.510. The zero-order valence-electron chi connectivity index (χ0n) is 9.62. The molecule has 2 heterocycles. The number of aryl methyl sites for hydroxylation is 1. The highest BCUT2D eigenvalue weighted by molar-refractivity contribution is 7.09. The van der Waals surface area contributed by atoms with Crippen LogP contribution in [0.2, 0.25) is 5.15 Å². The molecule has 0 atom stereocenters. The zero-order valence-corrected chi connectivity index (χ0v) is 11.2. The normalized spacial score (nSPS) is 11.2. The Bertz CT molecular complexity index is 788. The van der Waals surface area contributed by atoms with Crippen molar-refractivity contribution in [2.24, 2.45) is 0 Å². The Balaban J connectivity index is 2.27. The molecule has 0 aliphatic rings. The van der Waals surface area contributed by atoms with Crippen LogP contribution in [0.25, 0.3) is 22.4 Å². The van der Waals surface area contributed by atoms with Gasteiger partial charge in [-0.15, -0.1) is 11.3 Å². The molecule has 96 valence electrons. The van der Waals surface area contributed by atoms with Crippen LogP contribution in [0.3, 0.4) is 0 Å². The first kappa shape index (κ1) is 12.4. The van der Waals surface area contributed by atoms with Crippen molar-refractivity contribution < 1.29 is 8.78 Å². The zero-order chi connectivity index (χ0) is 13.6. The molecule has 0 radical (unpaired) electrons. The van der Waals surface area contributed by atoms with E-state index in [1.54, 1.807) is 5.38 Å². The molecule has 2 aromatic heterocycles. The fraction of sp³-hybridized carbons (Fsp3) is 0.0833. The van der Waals surface area contributed by atoms with Gasteiger partial charge in [-0.1, -0.05) is 11.6 Å². The van der Waals surface area contributed by atoms with E-state index in [1.807, 2.05) is 6.92 Å². The second kappa shape index (κ2) is 4.47. The molecule has 3 rings (SSSR count). The number of rotatable bonds is 1. The summed E-state index contributed by atoms with van der Waals surface area (Å²) in [5.74, 6) is -1.65. The number of hydrogen-bond donors (Lipinski definition) is 0. The van der Waals surface area contributed by atoms with Crippen LogP contribution in [0, 0.1) is 18.6 Å². The summed E-state index contributed by atoms with van der Waals surface area (Å²) in [6, 6.07) is 1.99. The van der Waals surface area contributed by atoms with Crippen LogP contribution in [0.15, 0.2) is 17.5 Å². The Labute approximate surface area is 115 Å². The standard InChI is InChI=1S/C12H6ClF2N3S/c1-5-16-10(4-19-5)12-17-9-3-8(15)7(14)2-6(9)11(13)18-12/h2-4H,1H3. The molecule has 3 aromatic rings. The first-order valence-electron chi connectivity index (χ1n) is 5.29. The molecule has 3 nitrogen and oxygen atoms in total. The van der Waals surface area contributed by atoms with Crippen molar-refractivity contribution in [2.75, 3.05) is 0 Å². The number of fused-ring (bicyclic) bond motifs is 1. The average molecular weight is 298 g/mol. The Morgan fingerprint density at radius 2 is 1.84 bits per heavy atom. The summed E-state index contributed by atoms with van der Waals surface area (Å²) in [7, 11) is 0. The second-order valence-electron chi connectivity index (χ2n) is 3.87. The van der Waals surface area contributed by atoms with Crippen LogP contribution in [-0.4, -0.2) is 15.0 Å². The highest BCUT2D eigenvalue weighted by Crippen LogP contribution is 2.27. The summed E-state index contributed by atoms with van der Waals surface area (Å²) >= 11 is 7.43. The van der Waals surface area contributed by atoms with Crippen LogP contribution in [0.4, 0.5) is 8.78 Å². The summed E-state index contributed by atoms with van der Waals surface area (Å²) < 4.78 is 26.4. The van der Waals surface area contributed by atoms with E-state index in [2.05, 4.69) is 15.0 Å². The fourth-order valence-electron chi connectivity index (χ4n) is 1.67. The van der Waals surface area contributed by atoms with E-state index in [0.29, 0.717) is 11.5 Å². The van der Waals surface area contributed by atoms with Crippen molar-refractivity contribution in [1.29, 1.82) is 0 Å². The first-order chi connectivity index (χ1) is 9.04. The molecule has 0 saturated carbocycles. The minimum atomic E-state index is -0.977. The van der Waals surface area contributed by atoms with Gasteiger partial charge in [-0.2, -0.15) is 0 Å². The summed E-state index contributed by atoms with van der Waals surface area (Å²) in [5, 5.41) is 2.99. The number of halogens is 3. The van der Waals surface area contributed by atoms with Crippen molar-refractivity contribution in [3.8, 4) is 11.5 Å². The van der Waals surface area contributed by atoms with Crippen molar-refractivity contribution in [1.82, 2.24) is 15.0 Å². The smallest absolute Gasteiger partial charge is 0.181 e. The largest absolute Gasteiger partial charge is 0.238 e. The van der Waals surface area contributed by atoms with E-state index in [0.717, 1.165) is 17.1 Å². The summed E-state index contributed by atoms with van der Waals surface area (Å²) in [4.78, 5) is 12.5. The van der Waals surface area contributed by atoms with E-state index in [-0.39, 0.29) is 16.1 Å². The maximum absolute atomic E-state index is 13.2. The lowest BCUT2D eigenvalue weighted by atomic mass is 10.2. The highest BCUT2D eigenvalue weighted by atomic mass is 35.5. The van der Waals surface area contributed by atoms with E-state index < -0.39 is 11.6 Å². The molecule has 0 unspecified atom stereocenters. The molecule has 0 aliphatic heterocycles. The van der Waals surface area contributed by atoms with Crippen molar-refractivity contribution >= 4 is 33.8 Å². The molecule has 0 fully saturated rings. The third-order valence-corrected chi connectivity index (χ3v) is 3.60. The maximum atomic E-state index is 13.2. The summed E-state index contributed by atoms with van der Waals surface area (Å²) in [5.41, 5.74) is 0.815. The van der Waals surface area contributed by atoms with Gasteiger partial charge in [0.05, 0.1) is 10.5 Å². The minimum Gasteiger partial charge on any atom is -0.238 e. The van der Waals surface area contributed by atoms with Gasteiger partial charge < -0.3 is 0 Å². The second-order valence-corrected chi connectivity index (χ2v) is 5.29. The SMILES string of the molecule is Cc1nc(-c2nc(Cl)c3cc(F)c(F)cc3n2)cs1. The quantitative estimate of drug-likeness (QED) is 0.637. The van der Waals surface area contributed by atoms with E-state index in [9.17, 15) is 8.78 Å².